The molecule has 1 aliphatic heterocycles. The molecular weight excluding hydrogens is 266 g/mol. The van der Waals surface area contributed by atoms with E-state index in [9.17, 15) is 4.79 Å². The summed E-state index contributed by atoms with van der Waals surface area (Å²) >= 11 is 0. The molecular formula is C16H17N3O2. The maximum atomic E-state index is 12.2. The van der Waals surface area contributed by atoms with Crippen molar-refractivity contribution in [1.29, 1.82) is 0 Å². The quantitative estimate of drug-likeness (QED) is 0.860. The van der Waals surface area contributed by atoms with Crippen LogP contribution < -0.4 is 0 Å². The summed E-state index contributed by atoms with van der Waals surface area (Å²) in [6, 6.07) is 8.26. The van der Waals surface area contributed by atoms with Crippen LogP contribution >= 0.6 is 0 Å². The monoisotopic (exact) mass is 283 g/mol. The smallest absolute Gasteiger partial charge is 0.273 e. The number of amides is 1. The molecule has 0 unspecified atom stereocenters. The van der Waals surface area contributed by atoms with Gasteiger partial charge in [-0.05, 0) is 11.1 Å². The van der Waals surface area contributed by atoms with Gasteiger partial charge in [-0.15, -0.1) is 0 Å². The number of aromatic nitrogens is 2. The van der Waals surface area contributed by atoms with Gasteiger partial charge in [0.15, 0.2) is 0 Å². The van der Waals surface area contributed by atoms with Crippen LogP contribution in [0.3, 0.4) is 0 Å². The van der Waals surface area contributed by atoms with Crippen molar-refractivity contribution in [3.05, 3.63) is 59.7 Å². The number of likely N-dealkylation sites (N-methyl/N-ethyl adjacent to an activating group) is 1. The number of hydrogen-bond acceptors (Lipinski definition) is 4. The molecule has 2 heterocycles. The Balaban J connectivity index is 1.64. The van der Waals surface area contributed by atoms with Gasteiger partial charge in [0, 0.05) is 32.4 Å². The predicted octanol–water partition coefficient (Wildman–Crippen LogP) is 1.69. The zero-order valence-electron chi connectivity index (χ0n) is 11.9. The lowest BCUT2D eigenvalue weighted by Gasteiger charge is -2.28. The summed E-state index contributed by atoms with van der Waals surface area (Å²) in [6.07, 6.45) is 5.40. The molecule has 0 radical (unpaired) electrons. The standard InChI is InChI=1S/C16H17N3O2/c1-19(16(20)15-9-17-6-7-18-15)10-14-8-12-4-2-3-5-13(12)11-21-14/h2-7,9,14H,8,10-11H2,1H3/t14-/m1/s1. The Kier molecular flexibility index (Phi) is 3.92. The number of ether oxygens (including phenoxy) is 1. The molecule has 1 amide bonds. The van der Waals surface area contributed by atoms with Crippen LogP contribution in [-0.4, -0.2) is 40.5 Å². The van der Waals surface area contributed by atoms with Crippen LogP contribution in [0.2, 0.25) is 0 Å². The third-order valence-electron chi connectivity index (χ3n) is 3.65. The van der Waals surface area contributed by atoms with Crippen LogP contribution in [0.5, 0.6) is 0 Å². The lowest BCUT2D eigenvalue weighted by atomic mass is 9.99. The average molecular weight is 283 g/mol. The summed E-state index contributed by atoms with van der Waals surface area (Å²) < 4.78 is 5.83. The first-order valence-electron chi connectivity index (χ1n) is 6.94. The second-order valence-electron chi connectivity index (χ2n) is 5.18. The van der Waals surface area contributed by atoms with E-state index in [4.69, 9.17) is 4.74 Å². The number of fused-ring (bicyclic) bond motifs is 1. The maximum absolute atomic E-state index is 12.2. The van der Waals surface area contributed by atoms with E-state index in [1.54, 1.807) is 18.1 Å². The second kappa shape index (κ2) is 6.01. The van der Waals surface area contributed by atoms with E-state index in [0.29, 0.717) is 18.8 Å². The van der Waals surface area contributed by atoms with Gasteiger partial charge < -0.3 is 9.64 Å². The summed E-state index contributed by atoms with van der Waals surface area (Å²) in [5, 5.41) is 0. The van der Waals surface area contributed by atoms with Gasteiger partial charge >= 0.3 is 0 Å². The summed E-state index contributed by atoms with van der Waals surface area (Å²) in [4.78, 5) is 21.8. The van der Waals surface area contributed by atoms with Gasteiger partial charge in [0.2, 0.25) is 0 Å². The van der Waals surface area contributed by atoms with Gasteiger partial charge in [-0.25, -0.2) is 4.98 Å². The van der Waals surface area contributed by atoms with Gasteiger partial charge in [0.25, 0.3) is 5.91 Å². The molecule has 3 rings (SSSR count). The van der Waals surface area contributed by atoms with Crippen molar-refractivity contribution >= 4 is 5.91 Å². The van der Waals surface area contributed by atoms with Crippen LogP contribution in [0.15, 0.2) is 42.9 Å². The highest BCUT2D eigenvalue weighted by Crippen LogP contribution is 2.20. The molecule has 5 heteroatoms. The first-order chi connectivity index (χ1) is 10.2. The van der Waals surface area contributed by atoms with Crippen molar-refractivity contribution in [2.45, 2.75) is 19.1 Å². The molecule has 0 N–H and O–H groups in total. The molecule has 1 aromatic heterocycles. The molecule has 2 aromatic rings. The third kappa shape index (κ3) is 3.08. The Morgan fingerprint density at radius 2 is 2.14 bits per heavy atom. The largest absolute Gasteiger partial charge is 0.371 e. The maximum Gasteiger partial charge on any atom is 0.273 e. The summed E-state index contributed by atoms with van der Waals surface area (Å²) in [5.74, 6) is -0.134. The first kappa shape index (κ1) is 13.7. The predicted molar refractivity (Wildman–Crippen MR) is 77.7 cm³/mol. The zero-order chi connectivity index (χ0) is 14.7. The van der Waals surface area contributed by atoms with Crippen molar-refractivity contribution < 1.29 is 9.53 Å². The molecule has 0 bridgehead atoms. The summed E-state index contributed by atoms with van der Waals surface area (Å²) in [7, 11) is 1.76. The van der Waals surface area contributed by atoms with Crippen molar-refractivity contribution in [3.8, 4) is 0 Å². The highest BCUT2D eigenvalue weighted by molar-refractivity contribution is 5.91. The molecule has 0 saturated heterocycles. The molecule has 0 aliphatic carbocycles. The van der Waals surface area contributed by atoms with E-state index in [1.807, 2.05) is 12.1 Å². The Bertz CT molecular complexity index is 630. The van der Waals surface area contributed by atoms with E-state index in [1.165, 1.54) is 23.5 Å². The number of carbonyl (C=O) groups excluding carboxylic acids is 1. The number of nitrogens with zero attached hydrogens (tertiary/aromatic N) is 3. The fourth-order valence-corrected chi connectivity index (χ4v) is 2.52. The van der Waals surface area contributed by atoms with Crippen LogP contribution in [-0.2, 0) is 17.8 Å². The molecule has 1 aliphatic rings. The Hall–Kier alpha value is -2.27. The normalized spacial score (nSPS) is 17.1. The Morgan fingerprint density at radius 3 is 2.90 bits per heavy atom. The minimum atomic E-state index is -0.134. The fraction of sp³-hybridized carbons (Fsp3) is 0.312. The molecule has 108 valence electrons. The minimum Gasteiger partial charge on any atom is -0.371 e. The molecule has 21 heavy (non-hydrogen) atoms. The Morgan fingerprint density at radius 1 is 1.33 bits per heavy atom. The highest BCUT2D eigenvalue weighted by atomic mass is 16.5. The number of rotatable bonds is 3. The van der Waals surface area contributed by atoms with Crippen LogP contribution in [0, 0.1) is 0 Å². The summed E-state index contributed by atoms with van der Waals surface area (Å²) in [6.45, 7) is 1.15. The number of carbonyl (C=O) groups is 1. The molecule has 1 atom stereocenters. The second-order valence-corrected chi connectivity index (χ2v) is 5.18. The summed E-state index contributed by atoms with van der Waals surface area (Å²) in [5.41, 5.74) is 2.89. The number of hydrogen-bond donors (Lipinski definition) is 0. The van der Waals surface area contributed by atoms with Gasteiger partial charge in [-0.1, -0.05) is 24.3 Å². The van der Waals surface area contributed by atoms with Gasteiger partial charge in [-0.2, -0.15) is 0 Å². The zero-order valence-corrected chi connectivity index (χ0v) is 11.9. The SMILES string of the molecule is CN(C[C@H]1Cc2ccccc2CO1)C(=O)c1cnccn1. The van der Waals surface area contributed by atoms with Crippen LogP contribution in [0.25, 0.3) is 0 Å². The average Bonchev–Trinajstić information content (AvgIpc) is 2.55. The first-order valence-corrected chi connectivity index (χ1v) is 6.94. The van der Waals surface area contributed by atoms with Crippen molar-refractivity contribution in [2.75, 3.05) is 13.6 Å². The van der Waals surface area contributed by atoms with E-state index >= 15 is 0 Å². The van der Waals surface area contributed by atoms with E-state index < -0.39 is 0 Å². The topological polar surface area (TPSA) is 55.3 Å². The van der Waals surface area contributed by atoms with Crippen LogP contribution in [0.1, 0.15) is 21.6 Å². The molecule has 5 nitrogen and oxygen atoms in total. The highest BCUT2D eigenvalue weighted by Gasteiger charge is 2.23. The van der Waals surface area contributed by atoms with Crippen LogP contribution in [0.4, 0.5) is 0 Å². The van der Waals surface area contributed by atoms with Crippen molar-refractivity contribution in [3.63, 3.8) is 0 Å². The van der Waals surface area contributed by atoms with Crippen molar-refractivity contribution in [2.24, 2.45) is 0 Å². The minimum absolute atomic E-state index is 0.0190. The molecule has 0 spiro atoms. The molecule has 0 fully saturated rings. The number of benzene rings is 1. The fourth-order valence-electron chi connectivity index (χ4n) is 2.52. The van der Waals surface area contributed by atoms with Gasteiger partial charge in [-0.3, -0.25) is 9.78 Å². The lowest BCUT2D eigenvalue weighted by molar-refractivity contribution is 0.00971. The molecule has 0 saturated carbocycles. The van der Waals surface area contributed by atoms with E-state index in [2.05, 4.69) is 22.1 Å². The van der Waals surface area contributed by atoms with E-state index in [0.717, 1.165) is 6.42 Å². The lowest BCUT2D eigenvalue weighted by Crippen LogP contribution is -2.38. The van der Waals surface area contributed by atoms with E-state index in [-0.39, 0.29) is 12.0 Å². The molecule has 1 aromatic carbocycles. The van der Waals surface area contributed by atoms with Crippen molar-refractivity contribution in [1.82, 2.24) is 14.9 Å². The van der Waals surface area contributed by atoms with Gasteiger partial charge in [0.05, 0.1) is 18.9 Å². The Labute approximate surface area is 123 Å². The van der Waals surface area contributed by atoms with Gasteiger partial charge in [0.1, 0.15) is 5.69 Å². The third-order valence-corrected chi connectivity index (χ3v) is 3.65.